The normalized spacial score (nSPS) is 15.0. The molecule has 1 aliphatic carbocycles. The molecule has 1 aromatic heterocycles. The van der Waals surface area contributed by atoms with Crippen molar-refractivity contribution < 1.29 is 9.53 Å². The molecule has 0 aliphatic heterocycles. The van der Waals surface area contributed by atoms with E-state index in [1.165, 1.54) is 17.7 Å². The second-order valence-electron chi connectivity index (χ2n) is 5.40. The van der Waals surface area contributed by atoms with Crippen LogP contribution < -0.4 is 4.90 Å². The molecule has 4 nitrogen and oxygen atoms in total. The quantitative estimate of drug-likeness (QED) is 0.543. The topological polar surface area (TPSA) is 42.4 Å². The van der Waals surface area contributed by atoms with E-state index in [2.05, 4.69) is 18.1 Å². The zero-order valence-corrected chi connectivity index (χ0v) is 14.0. The highest BCUT2D eigenvalue weighted by molar-refractivity contribution is 7.16. The highest BCUT2D eigenvalue weighted by Crippen LogP contribution is 2.32. The molecule has 5 heteroatoms. The molecule has 120 valence electrons. The maximum absolute atomic E-state index is 12.6. The first kappa shape index (κ1) is 16.9. The molecule has 0 N–H and O–H groups in total. The number of carbonyl (C=O) groups excluding carboxylic acids is 1. The highest BCUT2D eigenvalue weighted by Gasteiger charge is 2.26. The molecule has 0 radical (unpaired) electrons. The minimum absolute atomic E-state index is 0.0601. The van der Waals surface area contributed by atoms with Crippen LogP contribution in [0, 0.1) is 0 Å². The van der Waals surface area contributed by atoms with Crippen LogP contribution >= 0.6 is 11.3 Å². The van der Waals surface area contributed by atoms with Crippen molar-refractivity contribution in [2.75, 3.05) is 18.1 Å². The Labute approximate surface area is 136 Å². The van der Waals surface area contributed by atoms with Gasteiger partial charge in [-0.05, 0) is 39.0 Å². The molecule has 0 saturated heterocycles. The molecule has 0 bridgehead atoms. The van der Waals surface area contributed by atoms with Gasteiger partial charge in [0.25, 0.3) is 5.91 Å². The van der Waals surface area contributed by atoms with Gasteiger partial charge in [-0.15, -0.1) is 24.5 Å². The van der Waals surface area contributed by atoms with E-state index >= 15 is 0 Å². The van der Waals surface area contributed by atoms with Crippen molar-refractivity contribution in [1.82, 2.24) is 4.98 Å². The van der Waals surface area contributed by atoms with Crippen molar-refractivity contribution in [2.45, 2.75) is 45.1 Å². The monoisotopic (exact) mass is 320 g/mol. The summed E-state index contributed by atoms with van der Waals surface area (Å²) in [4.78, 5) is 20.3. The fourth-order valence-corrected chi connectivity index (χ4v) is 3.63. The van der Waals surface area contributed by atoms with Crippen molar-refractivity contribution in [3.63, 3.8) is 0 Å². The second-order valence-corrected chi connectivity index (χ2v) is 6.46. The lowest BCUT2D eigenvalue weighted by Gasteiger charge is -2.22. The van der Waals surface area contributed by atoms with Crippen molar-refractivity contribution in [2.24, 2.45) is 0 Å². The van der Waals surface area contributed by atoms with Gasteiger partial charge in [0.05, 0.1) is 12.3 Å². The van der Waals surface area contributed by atoms with Crippen molar-refractivity contribution >= 4 is 22.4 Å². The number of amides is 1. The Hall–Kier alpha value is -1.46. The predicted molar refractivity (Wildman–Crippen MR) is 91.5 cm³/mol. The number of hydrogen-bond acceptors (Lipinski definition) is 4. The largest absolute Gasteiger partial charge is 0.368 e. The first-order valence-electron chi connectivity index (χ1n) is 7.80. The number of ether oxygens (including phenoxy) is 1. The summed E-state index contributed by atoms with van der Waals surface area (Å²) in [7, 11) is 0. The lowest BCUT2D eigenvalue weighted by molar-refractivity contribution is -0.128. The van der Waals surface area contributed by atoms with Gasteiger partial charge in [0.1, 0.15) is 6.10 Å². The summed E-state index contributed by atoms with van der Waals surface area (Å²) in [6.07, 6.45) is 8.27. The van der Waals surface area contributed by atoms with E-state index in [1.807, 2.05) is 0 Å². The summed E-state index contributed by atoms with van der Waals surface area (Å²) in [6, 6.07) is 0. The van der Waals surface area contributed by atoms with Crippen LogP contribution in [0.15, 0.2) is 25.3 Å². The first-order chi connectivity index (χ1) is 10.7. The molecule has 1 atom stereocenters. The summed E-state index contributed by atoms with van der Waals surface area (Å²) in [5, 5.41) is 0.774. The standard InChI is InChI=1S/C17H24N2O2S/c1-4-6-12-21-13(3)16(20)19(11-5-2)17-18-14-9-7-8-10-15(14)22-17/h4-5,13H,1-2,6-12H2,3H3. The van der Waals surface area contributed by atoms with Gasteiger partial charge in [-0.2, -0.15) is 0 Å². The number of aryl methyl sites for hydroxylation is 2. The Morgan fingerprint density at radius 3 is 2.86 bits per heavy atom. The third-order valence-corrected chi connectivity index (χ3v) is 4.86. The Kier molecular flexibility index (Phi) is 6.34. The van der Waals surface area contributed by atoms with E-state index in [-0.39, 0.29) is 5.91 Å². The molecule has 1 heterocycles. The molecule has 2 rings (SSSR count). The molecule has 1 aliphatic rings. The zero-order chi connectivity index (χ0) is 15.9. The lowest BCUT2D eigenvalue weighted by atomic mass is 10.0. The number of thiazole rings is 1. The number of nitrogens with zero attached hydrogens (tertiary/aromatic N) is 2. The van der Waals surface area contributed by atoms with Crippen molar-refractivity contribution in [3.8, 4) is 0 Å². The average Bonchev–Trinajstić information content (AvgIpc) is 2.95. The highest BCUT2D eigenvalue weighted by atomic mass is 32.1. The van der Waals surface area contributed by atoms with Crippen LogP contribution in [0.1, 0.15) is 36.8 Å². The van der Waals surface area contributed by atoms with Crippen LogP contribution in [0.2, 0.25) is 0 Å². The Morgan fingerprint density at radius 1 is 1.41 bits per heavy atom. The molecule has 0 saturated carbocycles. The second kappa shape index (κ2) is 8.25. The minimum Gasteiger partial charge on any atom is -0.368 e. The van der Waals surface area contributed by atoms with Gasteiger partial charge in [0.15, 0.2) is 5.13 Å². The number of fused-ring (bicyclic) bond motifs is 1. The fourth-order valence-electron chi connectivity index (χ4n) is 2.46. The van der Waals surface area contributed by atoms with Crippen molar-refractivity contribution in [1.29, 1.82) is 0 Å². The number of rotatable bonds is 8. The summed E-state index contributed by atoms with van der Waals surface area (Å²) >= 11 is 1.63. The fraction of sp³-hybridized carbons (Fsp3) is 0.529. The van der Waals surface area contributed by atoms with Crippen LogP contribution in [0.4, 0.5) is 5.13 Å². The van der Waals surface area contributed by atoms with Crippen LogP contribution in [-0.4, -0.2) is 30.1 Å². The predicted octanol–water partition coefficient (Wildman–Crippen LogP) is 3.52. The summed E-state index contributed by atoms with van der Waals surface area (Å²) < 4.78 is 5.58. The molecular weight excluding hydrogens is 296 g/mol. The number of carbonyl (C=O) groups is 1. The van der Waals surface area contributed by atoms with E-state index in [4.69, 9.17) is 4.74 Å². The summed E-state index contributed by atoms with van der Waals surface area (Å²) in [5.41, 5.74) is 1.16. The van der Waals surface area contributed by atoms with Crippen LogP contribution in [0.5, 0.6) is 0 Å². The smallest absolute Gasteiger partial charge is 0.257 e. The van der Waals surface area contributed by atoms with E-state index in [9.17, 15) is 4.79 Å². The van der Waals surface area contributed by atoms with Gasteiger partial charge < -0.3 is 4.74 Å². The molecule has 22 heavy (non-hydrogen) atoms. The molecular formula is C17H24N2O2S. The van der Waals surface area contributed by atoms with E-state index in [0.717, 1.165) is 30.1 Å². The Bertz CT molecular complexity index is 515. The molecule has 0 fully saturated rings. The van der Waals surface area contributed by atoms with Gasteiger partial charge in [-0.25, -0.2) is 4.98 Å². The molecule has 0 aromatic carbocycles. The third kappa shape index (κ3) is 4.05. The number of anilines is 1. The maximum Gasteiger partial charge on any atom is 0.257 e. The molecule has 0 spiro atoms. The maximum atomic E-state index is 12.6. The third-order valence-electron chi connectivity index (χ3n) is 3.68. The average molecular weight is 320 g/mol. The Morgan fingerprint density at radius 2 is 2.18 bits per heavy atom. The van der Waals surface area contributed by atoms with Gasteiger partial charge >= 0.3 is 0 Å². The van der Waals surface area contributed by atoms with Gasteiger partial charge in [-0.1, -0.05) is 12.2 Å². The molecule has 1 aromatic rings. The minimum atomic E-state index is -0.485. The molecule has 1 amide bonds. The van der Waals surface area contributed by atoms with Crippen LogP contribution in [-0.2, 0) is 22.4 Å². The lowest BCUT2D eigenvalue weighted by Crippen LogP contribution is -2.39. The van der Waals surface area contributed by atoms with Crippen molar-refractivity contribution in [3.05, 3.63) is 35.9 Å². The summed E-state index contributed by atoms with van der Waals surface area (Å²) in [5.74, 6) is -0.0601. The van der Waals surface area contributed by atoms with Gasteiger partial charge in [-0.3, -0.25) is 9.69 Å². The summed E-state index contributed by atoms with van der Waals surface area (Å²) in [6.45, 7) is 10.2. The van der Waals surface area contributed by atoms with Crippen LogP contribution in [0.25, 0.3) is 0 Å². The molecule has 1 unspecified atom stereocenters. The first-order valence-corrected chi connectivity index (χ1v) is 8.62. The van der Waals surface area contributed by atoms with Gasteiger partial charge in [0, 0.05) is 11.4 Å². The van der Waals surface area contributed by atoms with Gasteiger partial charge in [0.2, 0.25) is 0 Å². The van der Waals surface area contributed by atoms with E-state index < -0.39 is 6.10 Å². The Balaban J connectivity index is 2.11. The van der Waals surface area contributed by atoms with Crippen LogP contribution in [0.3, 0.4) is 0 Å². The van der Waals surface area contributed by atoms with E-state index in [0.29, 0.717) is 13.2 Å². The zero-order valence-electron chi connectivity index (χ0n) is 13.2. The van der Waals surface area contributed by atoms with E-state index in [1.54, 1.807) is 35.3 Å². The SMILES string of the molecule is C=CCCOC(C)C(=O)N(CC=C)c1nc2c(s1)CCCC2. The number of aromatic nitrogens is 1. The number of hydrogen-bond donors (Lipinski definition) is 0.